The van der Waals surface area contributed by atoms with Gasteiger partial charge in [-0.15, -0.1) is 0 Å². The van der Waals surface area contributed by atoms with Crippen LogP contribution < -0.4 is 5.73 Å². The number of hydrogen-bond donors (Lipinski definition) is 1. The highest BCUT2D eigenvalue weighted by Gasteiger charge is 2.50. The van der Waals surface area contributed by atoms with Crippen molar-refractivity contribution in [3.05, 3.63) is 17.0 Å². The van der Waals surface area contributed by atoms with Gasteiger partial charge in [-0.05, 0) is 57.4 Å². The average molecular weight is 249 g/mol. The third-order valence-electron chi connectivity index (χ3n) is 5.11. The molecule has 1 aliphatic rings. The first-order valence-corrected chi connectivity index (χ1v) is 7.14. The molecule has 18 heavy (non-hydrogen) atoms. The quantitative estimate of drug-likeness (QED) is 0.893. The highest BCUT2D eigenvalue weighted by Crippen LogP contribution is 2.55. The number of nitrogens with zero attached hydrogens (tertiary/aromatic N) is 2. The molecule has 0 aliphatic heterocycles. The van der Waals surface area contributed by atoms with Gasteiger partial charge in [-0.25, -0.2) is 0 Å². The normalized spacial score (nSPS) is 31.8. The molecule has 0 bridgehead atoms. The predicted molar refractivity (Wildman–Crippen MR) is 75.8 cm³/mol. The smallest absolute Gasteiger partial charge is 0.0631 e. The SMILES string of the molecule is CCC1(C)C(N)CC1c1c(C)nn(C(C)C)c1C. The number of aromatic nitrogens is 2. The molecule has 2 rings (SSSR count). The van der Waals surface area contributed by atoms with Crippen molar-refractivity contribution in [3.63, 3.8) is 0 Å². The molecule has 0 saturated heterocycles. The summed E-state index contributed by atoms with van der Waals surface area (Å²) in [6, 6.07) is 0.771. The highest BCUT2D eigenvalue weighted by molar-refractivity contribution is 5.35. The van der Waals surface area contributed by atoms with Crippen LogP contribution in [0.4, 0.5) is 0 Å². The van der Waals surface area contributed by atoms with Gasteiger partial charge in [-0.2, -0.15) is 5.10 Å². The van der Waals surface area contributed by atoms with Crippen LogP contribution in [-0.4, -0.2) is 15.8 Å². The molecule has 3 atom stereocenters. The number of nitrogens with two attached hydrogens (primary N) is 1. The Balaban J connectivity index is 2.41. The molecule has 1 aromatic rings. The van der Waals surface area contributed by atoms with Crippen molar-refractivity contribution in [1.82, 2.24) is 9.78 Å². The Kier molecular flexibility index (Phi) is 3.30. The molecule has 3 unspecified atom stereocenters. The van der Waals surface area contributed by atoms with Crippen molar-refractivity contribution in [2.45, 2.75) is 72.4 Å². The van der Waals surface area contributed by atoms with E-state index in [1.165, 1.54) is 17.0 Å². The molecule has 0 amide bonds. The predicted octanol–water partition coefficient (Wildman–Crippen LogP) is 3.31. The van der Waals surface area contributed by atoms with E-state index in [9.17, 15) is 0 Å². The van der Waals surface area contributed by atoms with E-state index in [0.717, 1.165) is 12.8 Å². The lowest BCUT2D eigenvalue weighted by atomic mass is 9.54. The van der Waals surface area contributed by atoms with Crippen molar-refractivity contribution < 1.29 is 0 Å². The second kappa shape index (κ2) is 4.37. The maximum absolute atomic E-state index is 6.23. The maximum atomic E-state index is 6.23. The van der Waals surface area contributed by atoms with Gasteiger partial charge in [-0.1, -0.05) is 13.8 Å². The fourth-order valence-corrected chi connectivity index (χ4v) is 3.53. The Labute approximate surface area is 111 Å². The van der Waals surface area contributed by atoms with E-state index in [2.05, 4.69) is 46.2 Å². The zero-order chi connectivity index (χ0) is 13.7. The van der Waals surface area contributed by atoms with Crippen LogP contribution in [0.2, 0.25) is 0 Å². The van der Waals surface area contributed by atoms with Gasteiger partial charge in [0.05, 0.1) is 5.69 Å². The Morgan fingerprint density at radius 3 is 2.44 bits per heavy atom. The van der Waals surface area contributed by atoms with Crippen LogP contribution in [0.1, 0.15) is 69.4 Å². The first-order chi connectivity index (χ1) is 8.32. The molecule has 3 nitrogen and oxygen atoms in total. The van der Waals surface area contributed by atoms with Crippen molar-refractivity contribution >= 4 is 0 Å². The molecule has 2 N–H and O–H groups in total. The molecule has 1 saturated carbocycles. The lowest BCUT2D eigenvalue weighted by Crippen LogP contribution is -2.54. The molecule has 0 aromatic carbocycles. The molecule has 1 fully saturated rings. The number of aryl methyl sites for hydroxylation is 1. The van der Waals surface area contributed by atoms with Crippen molar-refractivity contribution in [3.8, 4) is 0 Å². The summed E-state index contributed by atoms with van der Waals surface area (Å²) in [5.41, 5.74) is 10.5. The monoisotopic (exact) mass is 249 g/mol. The van der Waals surface area contributed by atoms with Gasteiger partial charge in [0.15, 0.2) is 0 Å². The summed E-state index contributed by atoms with van der Waals surface area (Å²) in [6.07, 6.45) is 2.25. The number of hydrogen-bond acceptors (Lipinski definition) is 2. The van der Waals surface area contributed by atoms with E-state index in [-0.39, 0.29) is 5.41 Å². The first kappa shape index (κ1) is 13.6. The second-order valence-corrected chi connectivity index (χ2v) is 6.38. The Morgan fingerprint density at radius 1 is 1.44 bits per heavy atom. The fourth-order valence-electron chi connectivity index (χ4n) is 3.53. The third kappa shape index (κ3) is 1.71. The van der Waals surface area contributed by atoms with Gasteiger partial charge in [0, 0.05) is 17.8 Å². The molecule has 102 valence electrons. The van der Waals surface area contributed by atoms with E-state index in [4.69, 9.17) is 10.8 Å². The minimum atomic E-state index is 0.250. The first-order valence-electron chi connectivity index (χ1n) is 7.14. The van der Waals surface area contributed by atoms with E-state index in [1.54, 1.807) is 0 Å². The second-order valence-electron chi connectivity index (χ2n) is 6.38. The van der Waals surface area contributed by atoms with Gasteiger partial charge in [0.25, 0.3) is 0 Å². The summed E-state index contributed by atoms with van der Waals surface area (Å²) >= 11 is 0. The van der Waals surface area contributed by atoms with Crippen molar-refractivity contribution in [2.75, 3.05) is 0 Å². The van der Waals surface area contributed by atoms with Crippen LogP contribution in [0.3, 0.4) is 0 Å². The fraction of sp³-hybridized carbons (Fsp3) is 0.800. The van der Waals surface area contributed by atoms with Gasteiger partial charge in [-0.3, -0.25) is 4.68 Å². The molecular weight excluding hydrogens is 222 g/mol. The molecule has 1 heterocycles. The van der Waals surface area contributed by atoms with Gasteiger partial charge < -0.3 is 5.73 Å². The Hall–Kier alpha value is -0.830. The van der Waals surface area contributed by atoms with Gasteiger partial charge in [0.2, 0.25) is 0 Å². The summed E-state index contributed by atoms with van der Waals surface area (Å²) in [6.45, 7) is 13.3. The third-order valence-corrected chi connectivity index (χ3v) is 5.11. The van der Waals surface area contributed by atoms with E-state index >= 15 is 0 Å². The average Bonchev–Trinajstić information content (AvgIpc) is 2.61. The molecule has 0 spiro atoms. The molecule has 3 heteroatoms. The van der Waals surface area contributed by atoms with Crippen LogP contribution in [0.15, 0.2) is 0 Å². The minimum Gasteiger partial charge on any atom is -0.327 e. The standard InChI is InChI=1S/C15H27N3/c1-7-15(6)12(8-13(15)16)14-10(4)17-18(9(2)3)11(14)5/h9,12-13H,7-8,16H2,1-6H3. The van der Waals surface area contributed by atoms with E-state index in [1.807, 2.05) is 0 Å². The zero-order valence-corrected chi connectivity index (χ0v) is 12.6. The topological polar surface area (TPSA) is 43.8 Å². The van der Waals surface area contributed by atoms with Crippen LogP contribution in [0.5, 0.6) is 0 Å². The molecule has 1 aliphatic carbocycles. The molecular formula is C15H27N3. The largest absolute Gasteiger partial charge is 0.327 e. The summed E-state index contributed by atoms with van der Waals surface area (Å²) in [5, 5.41) is 4.71. The highest BCUT2D eigenvalue weighted by atomic mass is 15.3. The van der Waals surface area contributed by atoms with Gasteiger partial charge >= 0.3 is 0 Å². The minimum absolute atomic E-state index is 0.250. The summed E-state index contributed by atoms with van der Waals surface area (Å²) in [5.74, 6) is 0.588. The summed E-state index contributed by atoms with van der Waals surface area (Å²) in [7, 11) is 0. The van der Waals surface area contributed by atoms with Crippen LogP contribution >= 0.6 is 0 Å². The summed E-state index contributed by atoms with van der Waals surface area (Å²) in [4.78, 5) is 0. The maximum Gasteiger partial charge on any atom is 0.0631 e. The lowest BCUT2D eigenvalue weighted by Gasteiger charge is -2.53. The Morgan fingerprint density at radius 2 is 2.06 bits per heavy atom. The zero-order valence-electron chi connectivity index (χ0n) is 12.6. The van der Waals surface area contributed by atoms with Crippen LogP contribution in [-0.2, 0) is 0 Å². The number of rotatable bonds is 3. The van der Waals surface area contributed by atoms with E-state index in [0.29, 0.717) is 18.0 Å². The van der Waals surface area contributed by atoms with Crippen molar-refractivity contribution in [2.24, 2.45) is 11.1 Å². The van der Waals surface area contributed by atoms with E-state index < -0.39 is 0 Å². The molecule has 0 radical (unpaired) electrons. The lowest BCUT2D eigenvalue weighted by molar-refractivity contribution is 0.0697. The van der Waals surface area contributed by atoms with Crippen molar-refractivity contribution in [1.29, 1.82) is 0 Å². The Bertz CT molecular complexity index is 447. The van der Waals surface area contributed by atoms with Crippen LogP contribution in [0.25, 0.3) is 0 Å². The molecule has 1 aromatic heterocycles. The summed E-state index contributed by atoms with van der Waals surface area (Å²) < 4.78 is 2.16. The van der Waals surface area contributed by atoms with Gasteiger partial charge in [0.1, 0.15) is 0 Å². The van der Waals surface area contributed by atoms with Crippen LogP contribution in [0, 0.1) is 19.3 Å².